The monoisotopic (exact) mass is 492 g/mol. The fourth-order valence-corrected chi connectivity index (χ4v) is 3.90. The number of ether oxygens (including phenoxy) is 1. The maximum atomic E-state index is 13.7. The van der Waals surface area contributed by atoms with Crippen LogP contribution >= 0.6 is 0 Å². The number of nitrogens with zero attached hydrogens (tertiary/aromatic N) is 3. The van der Waals surface area contributed by atoms with Crippen molar-refractivity contribution in [1.82, 2.24) is 19.7 Å². The number of halogens is 4. The molecule has 0 aliphatic heterocycles. The topological polar surface area (TPSA) is 78.2 Å². The smallest absolute Gasteiger partial charge is 0.416 e. The molecule has 186 valence electrons. The lowest BCUT2D eigenvalue weighted by molar-refractivity contribution is -0.137. The van der Waals surface area contributed by atoms with Gasteiger partial charge in [0.15, 0.2) is 5.82 Å². The number of carbonyl (C=O) groups excluding carboxylic acids is 1. The molecule has 1 N–H and O–H groups in total. The van der Waals surface area contributed by atoms with Gasteiger partial charge < -0.3 is 10.1 Å². The molecular formula is C24H24F4N4O3. The summed E-state index contributed by atoms with van der Waals surface area (Å²) in [6, 6.07) is 8.47. The van der Waals surface area contributed by atoms with E-state index in [1.54, 1.807) is 13.8 Å². The summed E-state index contributed by atoms with van der Waals surface area (Å²) >= 11 is 0. The summed E-state index contributed by atoms with van der Waals surface area (Å²) in [6.07, 6.45) is -3.00. The Morgan fingerprint density at radius 2 is 1.83 bits per heavy atom. The summed E-state index contributed by atoms with van der Waals surface area (Å²) in [5, 5.41) is 7.00. The quantitative estimate of drug-likeness (QED) is 0.500. The first-order valence-corrected chi connectivity index (χ1v) is 10.9. The van der Waals surface area contributed by atoms with Crippen molar-refractivity contribution in [3.8, 4) is 17.1 Å². The third-order valence-electron chi connectivity index (χ3n) is 5.84. The molecule has 1 saturated carbocycles. The zero-order chi connectivity index (χ0) is 25.5. The summed E-state index contributed by atoms with van der Waals surface area (Å²) in [5.41, 5.74) is -1.82. The summed E-state index contributed by atoms with van der Waals surface area (Å²) in [5.74, 6) is -0.674. The molecule has 11 heteroatoms. The van der Waals surface area contributed by atoms with Gasteiger partial charge in [-0.1, -0.05) is 12.1 Å². The normalized spacial score (nSPS) is 14.1. The molecule has 1 amide bonds. The fourth-order valence-electron chi connectivity index (χ4n) is 3.90. The number of alkyl halides is 3. The number of rotatable bonds is 7. The van der Waals surface area contributed by atoms with E-state index in [1.165, 1.54) is 42.0 Å². The van der Waals surface area contributed by atoms with Gasteiger partial charge in [0, 0.05) is 12.1 Å². The molecule has 0 unspecified atom stereocenters. The van der Waals surface area contributed by atoms with E-state index in [0.29, 0.717) is 5.56 Å². The van der Waals surface area contributed by atoms with Gasteiger partial charge in [-0.25, -0.2) is 13.9 Å². The summed E-state index contributed by atoms with van der Waals surface area (Å²) in [6.45, 7) is 2.69. The zero-order valence-corrected chi connectivity index (χ0v) is 19.3. The highest BCUT2D eigenvalue weighted by molar-refractivity contribution is 5.76. The van der Waals surface area contributed by atoms with Gasteiger partial charge in [-0.3, -0.25) is 9.36 Å². The third-order valence-corrected chi connectivity index (χ3v) is 5.84. The highest BCUT2D eigenvalue weighted by atomic mass is 19.4. The van der Waals surface area contributed by atoms with Crippen LogP contribution in [0.15, 0.2) is 47.3 Å². The molecule has 0 spiro atoms. The standard InChI is InChI=1S/C24H24F4N4O3/c1-23(2,14-5-4-6-15(11-14)24(26,27)28)29-20(33)13-31-22(34)32(17-8-9-17)21(30-31)18-10-7-16(25)12-19(18)35-3/h4-7,10-12,17H,8-9,13H2,1-3H3,(H,29,33). The molecule has 7 nitrogen and oxygen atoms in total. The van der Waals surface area contributed by atoms with E-state index in [1.807, 2.05) is 0 Å². The van der Waals surface area contributed by atoms with E-state index in [2.05, 4.69) is 10.4 Å². The molecule has 0 bridgehead atoms. The van der Waals surface area contributed by atoms with E-state index in [4.69, 9.17) is 4.74 Å². The Balaban J connectivity index is 1.61. The Kier molecular flexibility index (Phi) is 6.20. The number of methoxy groups -OCH3 is 1. The summed E-state index contributed by atoms with van der Waals surface area (Å²) < 4.78 is 60.7. The van der Waals surface area contributed by atoms with Crippen molar-refractivity contribution in [2.24, 2.45) is 0 Å². The predicted molar refractivity (Wildman–Crippen MR) is 119 cm³/mol. The highest BCUT2D eigenvalue weighted by Crippen LogP contribution is 2.38. The van der Waals surface area contributed by atoms with Gasteiger partial charge in [0.25, 0.3) is 0 Å². The van der Waals surface area contributed by atoms with E-state index in [-0.39, 0.29) is 23.2 Å². The lowest BCUT2D eigenvalue weighted by Crippen LogP contribution is -2.44. The minimum Gasteiger partial charge on any atom is -0.496 e. The molecule has 1 aromatic heterocycles. The second-order valence-corrected chi connectivity index (χ2v) is 8.96. The van der Waals surface area contributed by atoms with Crippen molar-refractivity contribution >= 4 is 5.91 Å². The number of nitrogens with one attached hydrogen (secondary N) is 1. The molecule has 1 fully saturated rings. The van der Waals surface area contributed by atoms with Crippen LogP contribution in [0.4, 0.5) is 17.6 Å². The summed E-state index contributed by atoms with van der Waals surface area (Å²) in [4.78, 5) is 25.9. The van der Waals surface area contributed by atoms with Crippen LogP contribution in [0, 0.1) is 5.82 Å². The van der Waals surface area contributed by atoms with Crippen LogP contribution in [0.5, 0.6) is 5.75 Å². The Labute approximate surface area is 198 Å². The van der Waals surface area contributed by atoms with Crippen LogP contribution < -0.4 is 15.7 Å². The molecule has 2 aromatic carbocycles. The first-order chi connectivity index (χ1) is 16.4. The molecule has 0 saturated heterocycles. The fraction of sp³-hybridized carbons (Fsp3) is 0.375. The maximum absolute atomic E-state index is 13.7. The molecule has 0 radical (unpaired) electrons. The van der Waals surface area contributed by atoms with E-state index < -0.39 is 41.2 Å². The number of carbonyl (C=O) groups is 1. The van der Waals surface area contributed by atoms with Crippen molar-refractivity contribution < 1.29 is 27.1 Å². The van der Waals surface area contributed by atoms with Crippen LogP contribution in [0.25, 0.3) is 11.4 Å². The molecule has 1 heterocycles. The van der Waals surface area contributed by atoms with Gasteiger partial charge in [0.2, 0.25) is 5.91 Å². The Morgan fingerprint density at radius 1 is 1.14 bits per heavy atom. The highest BCUT2D eigenvalue weighted by Gasteiger charge is 2.34. The number of amides is 1. The van der Waals surface area contributed by atoms with Gasteiger partial charge >= 0.3 is 11.9 Å². The predicted octanol–water partition coefficient (Wildman–Crippen LogP) is 4.26. The van der Waals surface area contributed by atoms with Crippen LogP contribution in [0.3, 0.4) is 0 Å². The zero-order valence-electron chi connectivity index (χ0n) is 19.3. The van der Waals surface area contributed by atoms with Crippen molar-refractivity contribution in [1.29, 1.82) is 0 Å². The van der Waals surface area contributed by atoms with Crippen molar-refractivity contribution in [2.45, 2.75) is 51.0 Å². The van der Waals surface area contributed by atoms with E-state index >= 15 is 0 Å². The lowest BCUT2D eigenvalue weighted by atomic mass is 9.92. The lowest BCUT2D eigenvalue weighted by Gasteiger charge is -2.27. The number of hydrogen-bond donors (Lipinski definition) is 1. The van der Waals surface area contributed by atoms with Gasteiger partial charge in [-0.2, -0.15) is 13.2 Å². The first-order valence-electron chi connectivity index (χ1n) is 10.9. The molecule has 35 heavy (non-hydrogen) atoms. The van der Waals surface area contributed by atoms with Gasteiger partial charge in [-0.05, 0) is 56.5 Å². The van der Waals surface area contributed by atoms with Crippen molar-refractivity contribution in [3.63, 3.8) is 0 Å². The second-order valence-electron chi connectivity index (χ2n) is 8.96. The van der Waals surface area contributed by atoms with Crippen molar-refractivity contribution in [2.75, 3.05) is 7.11 Å². The second kappa shape index (κ2) is 8.86. The molecule has 1 aliphatic carbocycles. The maximum Gasteiger partial charge on any atom is 0.416 e. The Morgan fingerprint density at radius 3 is 2.46 bits per heavy atom. The van der Waals surface area contributed by atoms with Gasteiger partial charge in [0.05, 0.1) is 23.8 Å². The van der Waals surface area contributed by atoms with Crippen molar-refractivity contribution in [3.05, 3.63) is 69.9 Å². The Bertz CT molecular complexity index is 1320. The SMILES string of the molecule is COc1cc(F)ccc1-c1nn(CC(=O)NC(C)(C)c2cccc(C(F)(F)F)c2)c(=O)n1C1CC1. The minimum absolute atomic E-state index is 0.0920. The molecular weight excluding hydrogens is 468 g/mol. The average Bonchev–Trinajstić information content (AvgIpc) is 3.57. The summed E-state index contributed by atoms with van der Waals surface area (Å²) in [7, 11) is 1.37. The molecule has 1 aliphatic rings. The number of benzene rings is 2. The molecule has 0 atom stereocenters. The van der Waals surface area contributed by atoms with Crippen LogP contribution in [0.2, 0.25) is 0 Å². The number of aromatic nitrogens is 3. The minimum atomic E-state index is -4.52. The average molecular weight is 492 g/mol. The Hall–Kier alpha value is -3.63. The van der Waals surface area contributed by atoms with Gasteiger partial charge in [-0.15, -0.1) is 5.10 Å². The third kappa shape index (κ3) is 5.08. The van der Waals surface area contributed by atoms with E-state index in [0.717, 1.165) is 29.7 Å². The number of hydrogen-bond acceptors (Lipinski definition) is 4. The molecule has 3 aromatic rings. The van der Waals surface area contributed by atoms with Crippen LogP contribution in [0.1, 0.15) is 43.9 Å². The van der Waals surface area contributed by atoms with Crippen LogP contribution in [-0.4, -0.2) is 27.4 Å². The first kappa shape index (κ1) is 24.5. The van der Waals surface area contributed by atoms with Crippen LogP contribution in [-0.2, 0) is 23.1 Å². The van der Waals surface area contributed by atoms with Gasteiger partial charge in [0.1, 0.15) is 18.1 Å². The largest absolute Gasteiger partial charge is 0.496 e. The van der Waals surface area contributed by atoms with E-state index in [9.17, 15) is 27.2 Å². The molecule has 4 rings (SSSR count).